The Bertz CT molecular complexity index is 917. The predicted molar refractivity (Wildman–Crippen MR) is 94.9 cm³/mol. The van der Waals surface area contributed by atoms with Gasteiger partial charge in [-0.1, -0.05) is 29.8 Å². The summed E-state index contributed by atoms with van der Waals surface area (Å²) in [4.78, 5) is 26.9. The molecule has 0 bridgehead atoms. The van der Waals surface area contributed by atoms with E-state index in [9.17, 15) is 18.4 Å². The van der Waals surface area contributed by atoms with Crippen LogP contribution in [0, 0.1) is 6.92 Å². The van der Waals surface area contributed by atoms with Gasteiger partial charge in [0.2, 0.25) is 5.91 Å². The highest BCUT2D eigenvalue weighted by molar-refractivity contribution is 5.81. The van der Waals surface area contributed by atoms with E-state index in [-0.39, 0.29) is 18.7 Å². The van der Waals surface area contributed by atoms with Gasteiger partial charge in [-0.3, -0.25) is 9.36 Å². The third kappa shape index (κ3) is 3.40. The molecule has 1 atom stereocenters. The van der Waals surface area contributed by atoms with Crippen LogP contribution in [0.3, 0.4) is 0 Å². The second-order valence-corrected chi connectivity index (χ2v) is 7.49. The predicted octanol–water partition coefficient (Wildman–Crippen LogP) is 2.15. The fourth-order valence-electron chi connectivity index (χ4n) is 3.87. The lowest BCUT2D eigenvalue weighted by Gasteiger charge is -2.27. The van der Waals surface area contributed by atoms with E-state index in [1.807, 2.05) is 31.2 Å². The molecule has 2 aliphatic heterocycles. The zero-order valence-electron chi connectivity index (χ0n) is 15.2. The van der Waals surface area contributed by atoms with E-state index < -0.39 is 24.4 Å². The highest BCUT2D eigenvalue weighted by Gasteiger charge is 2.43. The number of fused-ring (bicyclic) bond motifs is 1. The van der Waals surface area contributed by atoms with Gasteiger partial charge in [0.1, 0.15) is 11.9 Å². The summed E-state index contributed by atoms with van der Waals surface area (Å²) < 4.78 is 29.8. The van der Waals surface area contributed by atoms with Crippen LogP contribution in [0.1, 0.15) is 42.3 Å². The molecular formula is C19H22F2N4O2. The maximum Gasteiger partial charge on any atom is 0.346 e. The fraction of sp³-hybridized carbons (Fsp3) is 0.526. The first-order valence-electron chi connectivity index (χ1n) is 9.24. The van der Waals surface area contributed by atoms with E-state index in [4.69, 9.17) is 0 Å². The number of alkyl halides is 2. The number of rotatable bonds is 3. The van der Waals surface area contributed by atoms with Crippen LogP contribution in [0.25, 0.3) is 0 Å². The van der Waals surface area contributed by atoms with Crippen molar-refractivity contribution in [1.82, 2.24) is 19.2 Å². The Morgan fingerprint density at radius 3 is 2.70 bits per heavy atom. The van der Waals surface area contributed by atoms with E-state index in [1.165, 1.54) is 14.1 Å². The second kappa shape index (κ2) is 6.58. The number of carbonyl (C=O) groups excluding carboxylic acids is 1. The molecule has 0 aliphatic carbocycles. The van der Waals surface area contributed by atoms with Gasteiger partial charge in [0, 0.05) is 19.4 Å². The maximum atomic E-state index is 13.5. The van der Waals surface area contributed by atoms with Crippen molar-refractivity contribution in [3.05, 3.63) is 51.7 Å². The first-order valence-corrected chi connectivity index (χ1v) is 9.24. The molecule has 1 aromatic carbocycles. The molecule has 1 saturated heterocycles. The Kier molecular flexibility index (Phi) is 4.36. The molecule has 144 valence electrons. The molecule has 1 aromatic heterocycles. The minimum Gasteiger partial charge on any atom is -0.335 e. The van der Waals surface area contributed by atoms with Crippen molar-refractivity contribution >= 4 is 5.91 Å². The number of halogens is 2. The summed E-state index contributed by atoms with van der Waals surface area (Å²) in [5.74, 6) is -2.68. The van der Waals surface area contributed by atoms with Crippen LogP contribution in [0.5, 0.6) is 0 Å². The van der Waals surface area contributed by atoms with Crippen LogP contribution in [-0.2, 0) is 17.8 Å². The first-order chi connectivity index (χ1) is 12.8. The van der Waals surface area contributed by atoms with Gasteiger partial charge in [0.25, 0.3) is 5.92 Å². The van der Waals surface area contributed by atoms with Crippen molar-refractivity contribution in [2.75, 3.05) is 13.1 Å². The molecule has 8 heteroatoms. The molecule has 0 radical (unpaired) electrons. The number of amides is 1. The van der Waals surface area contributed by atoms with Crippen molar-refractivity contribution in [3.8, 4) is 0 Å². The van der Waals surface area contributed by atoms with Crippen LogP contribution >= 0.6 is 0 Å². The Labute approximate surface area is 155 Å². The van der Waals surface area contributed by atoms with Gasteiger partial charge < -0.3 is 4.90 Å². The Morgan fingerprint density at radius 1 is 1.30 bits per heavy atom. The standard InChI is InChI=1S/C19H22F2N4O2/c1-13-5-7-14(8-6-13)11-24-18(27)25-15(3-2-4-16(25)22-24)17(26)23-10-9-19(20,21)12-23/h5-8,15H,2-4,9-12H2,1H3. The molecule has 6 nitrogen and oxygen atoms in total. The molecule has 0 saturated carbocycles. The van der Waals surface area contributed by atoms with E-state index in [2.05, 4.69) is 5.10 Å². The van der Waals surface area contributed by atoms with Crippen LogP contribution in [0.2, 0.25) is 0 Å². The smallest absolute Gasteiger partial charge is 0.335 e. The number of hydrogen-bond donors (Lipinski definition) is 0. The number of aromatic nitrogens is 3. The van der Waals surface area contributed by atoms with E-state index in [1.54, 1.807) is 0 Å². The first kappa shape index (κ1) is 17.9. The number of likely N-dealkylation sites (tertiary alicyclic amines) is 1. The van der Waals surface area contributed by atoms with Crippen molar-refractivity contribution in [2.24, 2.45) is 0 Å². The number of hydrogen-bond acceptors (Lipinski definition) is 3. The van der Waals surface area contributed by atoms with Crippen molar-refractivity contribution in [1.29, 1.82) is 0 Å². The van der Waals surface area contributed by atoms with E-state index in [0.29, 0.717) is 31.6 Å². The molecular weight excluding hydrogens is 354 g/mol. The van der Waals surface area contributed by atoms with Gasteiger partial charge in [-0.25, -0.2) is 18.3 Å². The molecule has 27 heavy (non-hydrogen) atoms. The van der Waals surface area contributed by atoms with Crippen LogP contribution in [0.4, 0.5) is 8.78 Å². The highest BCUT2D eigenvalue weighted by atomic mass is 19.3. The van der Waals surface area contributed by atoms with Gasteiger partial charge >= 0.3 is 5.69 Å². The van der Waals surface area contributed by atoms with Crippen LogP contribution in [-0.4, -0.2) is 44.2 Å². The number of nitrogens with zero attached hydrogens (tertiary/aromatic N) is 4. The molecule has 0 spiro atoms. The summed E-state index contributed by atoms with van der Waals surface area (Å²) >= 11 is 0. The quantitative estimate of drug-likeness (QED) is 0.825. The largest absolute Gasteiger partial charge is 0.346 e. The second-order valence-electron chi connectivity index (χ2n) is 7.49. The maximum absolute atomic E-state index is 13.5. The summed E-state index contributed by atoms with van der Waals surface area (Å²) in [5.41, 5.74) is 1.72. The van der Waals surface area contributed by atoms with E-state index >= 15 is 0 Å². The summed E-state index contributed by atoms with van der Waals surface area (Å²) in [7, 11) is 0. The average molecular weight is 376 g/mol. The molecule has 1 amide bonds. The fourth-order valence-corrected chi connectivity index (χ4v) is 3.87. The Morgan fingerprint density at radius 2 is 2.04 bits per heavy atom. The van der Waals surface area contributed by atoms with Crippen molar-refractivity contribution in [2.45, 2.75) is 51.1 Å². The summed E-state index contributed by atoms with van der Waals surface area (Å²) in [6.45, 7) is 1.78. The topological polar surface area (TPSA) is 60.1 Å². The van der Waals surface area contributed by atoms with Crippen LogP contribution < -0.4 is 5.69 Å². The van der Waals surface area contributed by atoms with Crippen LogP contribution in [0.15, 0.2) is 29.1 Å². The monoisotopic (exact) mass is 376 g/mol. The molecule has 3 heterocycles. The normalized spacial score (nSPS) is 21.3. The lowest BCUT2D eigenvalue weighted by Crippen LogP contribution is -2.42. The highest BCUT2D eigenvalue weighted by Crippen LogP contribution is 2.31. The molecule has 2 aliphatic rings. The van der Waals surface area contributed by atoms with Gasteiger partial charge in [0.15, 0.2) is 0 Å². The molecule has 0 N–H and O–H groups in total. The van der Waals surface area contributed by atoms with Gasteiger partial charge in [0.05, 0.1) is 13.1 Å². The molecule has 4 rings (SSSR count). The van der Waals surface area contributed by atoms with Gasteiger partial charge in [-0.15, -0.1) is 0 Å². The molecule has 1 fully saturated rings. The number of benzene rings is 1. The van der Waals surface area contributed by atoms with Gasteiger partial charge in [-0.2, -0.15) is 5.10 Å². The lowest BCUT2D eigenvalue weighted by molar-refractivity contribution is -0.135. The minimum absolute atomic E-state index is 0.0317. The molecule has 1 unspecified atom stereocenters. The Balaban J connectivity index is 1.61. The van der Waals surface area contributed by atoms with E-state index in [0.717, 1.165) is 11.1 Å². The van der Waals surface area contributed by atoms with Gasteiger partial charge in [-0.05, 0) is 25.3 Å². The van der Waals surface area contributed by atoms with Crippen molar-refractivity contribution in [3.63, 3.8) is 0 Å². The zero-order valence-corrected chi connectivity index (χ0v) is 15.2. The van der Waals surface area contributed by atoms with Crippen molar-refractivity contribution < 1.29 is 13.6 Å². The third-order valence-corrected chi connectivity index (χ3v) is 5.35. The molecule has 2 aromatic rings. The Hall–Kier alpha value is -2.51. The summed E-state index contributed by atoms with van der Waals surface area (Å²) in [6, 6.07) is 7.08. The minimum atomic E-state index is -2.84. The summed E-state index contributed by atoms with van der Waals surface area (Å²) in [5, 5.41) is 4.40. The third-order valence-electron chi connectivity index (χ3n) is 5.35. The number of carbonyl (C=O) groups is 1. The SMILES string of the molecule is Cc1ccc(Cn2nc3n(c2=O)C(C(=O)N2CCC(F)(F)C2)CCC3)cc1. The summed E-state index contributed by atoms with van der Waals surface area (Å²) in [6.07, 6.45) is 1.47. The zero-order chi connectivity index (χ0) is 19.2. The number of aryl methyl sites for hydroxylation is 2. The lowest BCUT2D eigenvalue weighted by atomic mass is 10.0. The average Bonchev–Trinajstić information content (AvgIpc) is 3.16.